The first-order valence-electron chi connectivity index (χ1n) is 6.14. The Bertz CT molecular complexity index is 416. The van der Waals surface area contributed by atoms with Crippen molar-refractivity contribution in [1.29, 1.82) is 0 Å². The lowest BCUT2D eigenvalue weighted by Crippen LogP contribution is -2.30. The zero-order chi connectivity index (χ0) is 13.7. The highest BCUT2D eigenvalue weighted by Gasteiger charge is 2.23. The van der Waals surface area contributed by atoms with Crippen molar-refractivity contribution in [2.75, 3.05) is 0 Å². The summed E-state index contributed by atoms with van der Waals surface area (Å²) in [4.78, 5) is 11.9. The Morgan fingerprint density at radius 1 is 1.39 bits per heavy atom. The second kappa shape index (κ2) is 6.86. The van der Waals surface area contributed by atoms with E-state index in [1.165, 1.54) is 18.2 Å². The molecule has 1 aromatic rings. The predicted octanol–water partition coefficient (Wildman–Crippen LogP) is 3.39. The second-order valence-corrected chi connectivity index (χ2v) is 4.81. The quantitative estimate of drug-likeness (QED) is 0.862. The summed E-state index contributed by atoms with van der Waals surface area (Å²) in [5.41, 5.74) is 0.549. The van der Waals surface area contributed by atoms with E-state index in [-0.39, 0.29) is 23.1 Å². The number of hydrogen-bond donors (Lipinski definition) is 1. The molecule has 0 aliphatic carbocycles. The van der Waals surface area contributed by atoms with Gasteiger partial charge in [-0.2, -0.15) is 0 Å². The molecule has 0 spiro atoms. The summed E-state index contributed by atoms with van der Waals surface area (Å²) in [7, 11) is 0. The lowest BCUT2D eigenvalue weighted by molar-refractivity contribution is -0.129. The molecule has 0 heterocycles. The standard InChI is InChI=1S/C14H18ClFO2/c1-3-9(4-2)14(18)13(17)7-10-5-6-11(16)8-12(10)15/h5-6,8-9,14,18H,3-4,7H2,1-2H3. The number of carbonyl (C=O) groups is 1. The zero-order valence-electron chi connectivity index (χ0n) is 10.6. The number of rotatable bonds is 6. The summed E-state index contributed by atoms with van der Waals surface area (Å²) in [5, 5.41) is 10.1. The fraction of sp³-hybridized carbons (Fsp3) is 0.500. The Morgan fingerprint density at radius 2 is 2.00 bits per heavy atom. The number of halogens is 2. The van der Waals surface area contributed by atoms with Crippen LogP contribution in [0.2, 0.25) is 5.02 Å². The van der Waals surface area contributed by atoms with Gasteiger partial charge in [0.2, 0.25) is 0 Å². The van der Waals surface area contributed by atoms with Gasteiger partial charge in [-0.25, -0.2) is 4.39 Å². The molecule has 1 aromatic carbocycles. The van der Waals surface area contributed by atoms with Gasteiger partial charge < -0.3 is 5.11 Å². The van der Waals surface area contributed by atoms with E-state index >= 15 is 0 Å². The van der Waals surface area contributed by atoms with Gasteiger partial charge in [-0.15, -0.1) is 0 Å². The van der Waals surface area contributed by atoms with Crippen LogP contribution in [-0.4, -0.2) is 17.0 Å². The highest BCUT2D eigenvalue weighted by atomic mass is 35.5. The molecule has 0 amide bonds. The van der Waals surface area contributed by atoms with Crippen molar-refractivity contribution in [3.63, 3.8) is 0 Å². The number of ketones is 1. The minimum atomic E-state index is -0.971. The van der Waals surface area contributed by atoms with Gasteiger partial charge in [0.05, 0.1) is 0 Å². The Morgan fingerprint density at radius 3 is 2.50 bits per heavy atom. The van der Waals surface area contributed by atoms with Crippen LogP contribution in [0.3, 0.4) is 0 Å². The maximum atomic E-state index is 12.9. The van der Waals surface area contributed by atoms with E-state index in [1.54, 1.807) is 0 Å². The third-order valence-electron chi connectivity index (χ3n) is 3.20. The van der Waals surface area contributed by atoms with Crippen molar-refractivity contribution in [3.8, 4) is 0 Å². The number of Topliss-reactive ketones (excluding diaryl/α,β-unsaturated/α-hetero) is 1. The lowest BCUT2D eigenvalue weighted by Gasteiger charge is -2.19. The molecule has 1 rings (SSSR count). The SMILES string of the molecule is CCC(CC)C(O)C(=O)Cc1ccc(F)cc1Cl. The minimum Gasteiger partial charge on any atom is -0.385 e. The first-order chi connectivity index (χ1) is 8.49. The van der Waals surface area contributed by atoms with Gasteiger partial charge in [0.25, 0.3) is 0 Å². The summed E-state index contributed by atoms with van der Waals surface area (Å²) in [5.74, 6) is -0.731. The van der Waals surface area contributed by atoms with Gasteiger partial charge in [0, 0.05) is 11.4 Å². The summed E-state index contributed by atoms with van der Waals surface area (Å²) < 4.78 is 12.9. The van der Waals surface area contributed by atoms with Crippen molar-refractivity contribution < 1.29 is 14.3 Å². The van der Waals surface area contributed by atoms with E-state index in [2.05, 4.69) is 0 Å². The predicted molar refractivity (Wildman–Crippen MR) is 70.2 cm³/mol. The summed E-state index contributed by atoms with van der Waals surface area (Å²) in [6.45, 7) is 3.88. The molecule has 100 valence electrons. The van der Waals surface area contributed by atoms with Gasteiger partial charge >= 0.3 is 0 Å². The molecule has 0 radical (unpaired) electrons. The van der Waals surface area contributed by atoms with Crippen LogP contribution in [0.5, 0.6) is 0 Å². The number of carbonyl (C=O) groups excluding carboxylic acids is 1. The molecule has 4 heteroatoms. The van der Waals surface area contributed by atoms with Crippen LogP contribution >= 0.6 is 11.6 Å². The number of aliphatic hydroxyl groups is 1. The third kappa shape index (κ3) is 3.79. The van der Waals surface area contributed by atoms with Crippen molar-refractivity contribution in [2.45, 2.75) is 39.2 Å². The maximum absolute atomic E-state index is 12.9. The molecule has 0 fully saturated rings. The highest BCUT2D eigenvalue weighted by Crippen LogP contribution is 2.20. The molecular weight excluding hydrogens is 255 g/mol. The van der Waals surface area contributed by atoms with Gasteiger partial charge in [-0.1, -0.05) is 44.4 Å². The van der Waals surface area contributed by atoms with Gasteiger partial charge in [0.15, 0.2) is 5.78 Å². The Hall–Kier alpha value is -0.930. The molecule has 1 N–H and O–H groups in total. The molecule has 1 atom stereocenters. The van der Waals surface area contributed by atoms with E-state index in [4.69, 9.17) is 11.6 Å². The van der Waals surface area contributed by atoms with E-state index in [9.17, 15) is 14.3 Å². The van der Waals surface area contributed by atoms with Crippen molar-refractivity contribution in [3.05, 3.63) is 34.6 Å². The molecular formula is C14H18ClFO2. The third-order valence-corrected chi connectivity index (χ3v) is 3.56. The molecule has 0 aliphatic rings. The zero-order valence-corrected chi connectivity index (χ0v) is 11.4. The van der Waals surface area contributed by atoms with Crippen LogP contribution in [0.1, 0.15) is 32.3 Å². The van der Waals surface area contributed by atoms with Crippen molar-refractivity contribution in [2.24, 2.45) is 5.92 Å². The minimum absolute atomic E-state index is 0.0308. The number of benzene rings is 1. The average molecular weight is 273 g/mol. The number of aliphatic hydroxyl groups excluding tert-OH is 1. The van der Waals surface area contributed by atoms with Gasteiger partial charge in [0.1, 0.15) is 11.9 Å². The van der Waals surface area contributed by atoms with Crippen LogP contribution in [0.4, 0.5) is 4.39 Å². The molecule has 1 unspecified atom stereocenters. The van der Waals surface area contributed by atoms with Gasteiger partial charge in [-0.3, -0.25) is 4.79 Å². The fourth-order valence-electron chi connectivity index (χ4n) is 1.96. The van der Waals surface area contributed by atoms with Crippen LogP contribution < -0.4 is 0 Å². The second-order valence-electron chi connectivity index (χ2n) is 4.40. The molecule has 0 bridgehead atoms. The number of hydrogen-bond acceptors (Lipinski definition) is 2. The molecule has 0 saturated carbocycles. The summed E-state index contributed by atoms with van der Waals surface area (Å²) in [6.07, 6.45) is 0.568. The summed E-state index contributed by atoms with van der Waals surface area (Å²) >= 11 is 5.85. The van der Waals surface area contributed by atoms with Crippen LogP contribution in [0.25, 0.3) is 0 Å². The van der Waals surface area contributed by atoms with E-state index in [0.717, 1.165) is 12.8 Å². The molecule has 18 heavy (non-hydrogen) atoms. The first-order valence-corrected chi connectivity index (χ1v) is 6.52. The monoisotopic (exact) mass is 272 g/mol. The largest absolute Gasteiger partial charge is 0.385 e. The normalized spacial score (nSPS) is 12.8. The van der Waals surface area contributed by atoms with Crippen LogP contribution in [0, 0.1) is 11.7 Å². The molecule has 0 saturated heterocycles. The average Bonchev–Trinajstić information content (AvgIpc) is 2.34. The molecule has 0 aromatic heterocycles. The van der Waals surface area contributed by atoms with Gasteiger partial charge in [-0.05, 0) is 23.6 Å². The smallest absolute Gasteiger partial charge is 0.165 e. The Kier molecular flexibility index (Phi) is 5.76. The first kappa shape index (κ1) is 15.1. The highest BCUT2D eigenvalue weighted by molar-refractivity contribution is 6.31. The Labute approximate surface area is 112 Å². The van der Waals surface area contributed by atoms with Crippen molar-refractivity contribution >= 4 is 17.4 Å². The van der Waals surface area contributed by atoms with E-state index in [1.807, 2.05) is 13.8 Å². The topological polar surface area (TPSA) is 37.3 Å². The maximum Gasteiger partial charge on any atom is 0.165 e. The summed E-state index contributed by atoms with van der Waals surface area (Å²) in [6, 6.07) is 3.92. The van der Waals surface area contributed by atoms with E-state index < -0.39 is 11.9 Å². The lowest BCUT2D eigenvalue weighted by atomic mass is 9.91. The fourth-order valence-corrected chi connectivity index (χ4v) is 2.19. The Balaban J connectivity index is 2.75. The molecule has 0 aliphatic heterocycles. The van der Waals surface area contributed by atoms with Crippen LogP contribution in [0.15, 0.2) is 18.2 Å². The molecule has 2 nitrogen and oxygen atoms in total. The van der Waals surface area contributed by atoms with Crippen LogP contribution in [-0.2, 0) is 11.2 Å². The van der Waals surface area contributed by atoms with E-state index in [0.29, 0.717) is 5.56 Å². The van der Waals surface area contributed by atoms with Crippen molar-refractivity contribution in [1.82, 2.24) is 0 Å².